The summed E-state index contributed by atoms with van der Waals surface area (Å²) in [7, 11) is 0. The molecule has 0 amide bonds. The summed E-state index contributed by atoms with van der Waals surface area (Å²) >= 11 is 12.2. The van der Waals surface area contributed by atoms with Crippen molar-refractivity contribution in [2.45, 2.75) is 20.4 Å². The Morgan fingerprint density at radius 3 is 2.24 bits per heavy atom. The van der Waals surface area contributed by atoms with E-state index in [-0.39, 0.29) is 0 Å². The predicted molar refractivity (Wildman–Crippen MR) is 93.8 cm³/mol. The lowest BCUT2D eigenvalue weighted by Gasteiger charge is -2.21. The number of halogens is 2. The fourth-order valence-electron chi connectivity index (χ4n) is 2.26. The minimum absolute atomic E-state index is 0.591. The number of rotatable bonds is 6. The van der Waals surface area contributed by atoms with Gasteiger partial charge in [-0.25, -0.2) is 0 Å². The zero-order chi connectivity index (χ0) is 15.2. The standard InChI is InChI=1S/C17H20Cl2N2/c1-3-21(4-2)15-10-8-14(9-11-15)20-12-13-6-5-7-16(18)17(13)19/h5-11,20H,3-4,12H2,1-2H3. The van der Waals surface area contributed by atoms with Crippen molar-refractivity contribution in [2.24, 2.45) is 0 Å². The van der Waals surface area contributed by atoms with Crippen molar-refractivity contribution in [1.29, 1.82) is 0 Å². The van der Waals surface area contributed by atoms with Crippen LogP contribution in [0.3, 0.4) is 0 Å². The normalized spacial score (nSPS) is 10.5. The Balaban J connectivity index is 2.02. The molecule has 2 aromatic carbocycles. The van der Waals surface area contributed by atoms with Gasteiger partial charge < -0.3 is 10.2 Å². The number of nitrogens with zero attached hydrogens (tertiary/aromatic N) is 1. The average molecular weight is 323 g/mol. The van der Waals surface area contributed by atoms with Gasteiger partial charge in [0.2, 0.25) is 0 Å². The molecular weight excluding hydrogens is 303 g/mol. The van der Waals surface area contributed by atoms with Crippen LogP contribution in [-0.4, -0.2) is 13.1 Å². The lowest BCUT2D eigenvalue weighted by molar-refractivity contribution is 0.866. The van der Waals surface area contributed by atoms with Crippen LogP contribution in [0.25, 0.3) is 0 Å². The highest BCUT2D eigenvalue weighted by Crippen LogP contribution is 2.26. The Hall–Kier alpha value is -1.38. The van der Waals surface area contributed by atoms with Gasteiger partial charge in [-0.05, 0) is 49.7 Å². The molecule has 1 N–H and O–H groups in total. The molecule has 2 rings (SSSR count). The third-order valence-electron chi connectivity index (χ3n) is 3.51. The van der Waals surface area contributed by atoms with Gasteiger partial charge in [0, 0.05) is 31.0 Å². The largest absolute Gasteiger partial charge is 0.381 e. The molecule has 0 aromatic heterocycles. The molecule has 0 unspecified atom stereocenters. The number of anilines is 2. The Morgan fingerprint density at radius 2 is 1.62 bits per heavy atom. The van der Waals surface area contributed by atoms with Gasteiger partial charge in [0.25, 0.3) is 0 Å². The number of nitrogens with one attached hydrogen (secondary N) is 1. The van der Waals surface area contributed by atoms with E-state index in [0.29, 0.717) is 16.6 Å². The van der Waals surface area contributed by atoms with Crippen molar-refractivity contribution < 1.29 is 0 Å². The van der Waals surface area contributed by atoms with Crippen molar-refractivity contribution in [3.8, 4) is 0 Å². The van der Waals surface area contributed by atoms with Gasteiger partial charge in [-0.2, -0.15) is 0 Å². The van der Waals surface area contributed by atoms with Crippen LogP contribution in [-0.2, 0) is 6.54 Å². The maximum atomic E-state index is 6.19. The summed E-state index contributed by atoms with van der Waals surface area (Å²) in [4.78, 5) is 2.32. The maximum absolute atomic E-state index is 6.19. The molecule has 2 nitrogen and oxygen atoms in total. The molecule has 4 heteroatoms. The van der Waals surface area contributed by atoms with E-state index in [9.17, 15) is 0 Å². The number of hydrogen-bond donors (Lipinski definition) is 1. The van der Waals surface area contributed by atoms with Crippen molar-refractivity contribution in [3.63, 3.8) is 0 Å². The molecular formula is C17H20Cl2N2. The van der Waals surface area contributed by atoms with Crippen LogP contribution >= 0.6 is 23.2 Å². The van der Waals surface area contributed by atoms with Crippen LogP contribution < -0.4 is 10.2 Å². The molecule has 0 aliphatic carbocycles. The zero-order valence-corrected chi connectivity index (χ0v) is 13.9. The van der Waals surface area contributed by atoms with E-state index in [2.05, 4.69) is 48.3 Å². The first-order valence-electron chi connectivity index (χ1n) is 7.17. The smallest absolute Gasteiger partial charge is 0.0642 e. The molecule has 0 saturated heterocycles. The highest BCUT2D eigenvalue weighted by Gasteiger charge is 2.05. The first kappa shape index (κ1) is 16.0. The van der Waals surface area contributed by atoms with Crippen molar-refractivity contribution in [1.82, 2.24) is 0 Å². The second-order valence-electron chi connectivity index (χ2n) is 4.79. The van der Waals surface area contributed by atoms with Crippen LogP contribution in [0.1, 0.15) is 19.4 Å². The third kappa shape index (κ3) is 4.05. The van der Waals surface area contributed by atoms with Crippen LogP contribution in [0, 0.1) is 0 Å². The average Bonchev–Trinajstić information content (AvgIpc) is 2.51. The Kier molecular flexibility index (Phi) is 5.77. The lowest BCUT2D eigenvalue weighted by atomic mass is 10.2. The van der Waals surface area contributed by atoms with Gasteiger partial charge in [0.15, 0.2) is 0 Å². The van der Waals surface area contributed by atoms with Gasteiger partial charge in [-0.15, -0.1) is 0 Å². The minimum Gasteiger partial charge on any atom is -0.381 e. The van der Waals surface area contributed by atoms with Crippen LogP contribution in [0.4, 0.5) is 11.4 Å². The summed E-state index contributed by atoms with van der Waals surface area (Å²) in [6, 6.07) is 14.1. The maximum Gasteiger partial charge on any atom is 0.0642 e. The monoisotopic (exact) mass is 322 g/mol. The van der Waals surface area contributed by atoms with Crippen molar-refractivity contribution in [2.75, 3.05) is 23.3 Å². The van der Waals surface area contributed by atoms with Gasteiger partial charge >= 0.3 is 0 Å². The second kappa shape index (κ2) is 7.58. The Morgan fingerprint density at radius 1 is 0.952 bits per heavy atom. The lowest BCUT2D eigenvalue weighted by Crippen LogP contribution is -2.21. The summed E-state index contributed by atoms with van der Waals surface area (Å²) in [5.41, 5.74) is 3.31. The first-order chi connectivity index (χ1) is 10.2. The van der Waals surface area contributed by atoms with Gasteiger partial charge in [0.1, 0.15) is 0 Å². The van der Waals surface area contributed by atoms with Gasteiger partial charge in [-0.1, -0.05) is 35.3 Å². The zero-order valence-electron chi connectivity index (χ0n) is 12.4. The van der Waals surface area contributed by atoms with E-state index in [1.807, 2.05) is 12.1 Å². The number of benzene rings is 2. The predicted octanol–water partition coefficient (Wildman–Crippen LogP) is 5.45. The van der Waals surface area contributed by atoms with E-state index in [1.54, 1.807) is 6.07 Å². The molecule has 0 saturated carbocycles. The molecule has 21 heavy (non-hydrogen) atoms. The topological polar surface area (TPSA) is 15.3 Å². The van der Waals surface area contributed by atoms with Crippen LogP contribution in [0.2, 0.25) is 10.0 Å². The Bertz CT molecular complexity index is 578. The second-order valence-corrected chi connectivity index (χ2v) is 5.57. The highest BCUT2D eigenvalue weighted by molar-refractivity contribution is 6.42. The first-order valence-corrected chi connectivity index (χ1v) is 7.93. The van der Waals surface area contributed by atoms with Crippen LogP contribution in [0.15, 0.2) is 42.5 Å². The number of hydrogen-bond acceptors (Lipinski definition) is 2. The van der Waals surface area contributed by atoms with E-state index in [4.69, 9.17) is 23.2 Å². The highest BCUT2D eigenvalue weighted by atomic mass is 35.5. The van der Waals surface area contributed by atoms with E-state index < -0.39 is 0 Å². The molecule has 0 heterocycles. The van der Waals surface area contributed by atoms with Gasteiger partial charge in [-0.3, -0.25) is 0 Å². The minimum atomic E-state index is 0.591. The molecule has 0 aliphatic heterocycles. The van der Waals surface area contributed by atoms with Gasteiger partial charge in [0.05, 0.1) is 10.0 Å². The molecule has 0 spiro atoms. The summed E-state index contributed by atoms with van der Waals surface area (Å²) in [6.07, 6.45) is 0. The molecule has 0 fully saturated rings. The quantitative estimate of drug-likeness (QED) is 0.760. The summed E-state index contributed by atoms with van der Waals surface area (Å²) in [5.74, 6) is 0. The van der Waals surface area contributed by atoms with E-state index in [0.717, 1.165) is 24.3 Å². The molecule has 2 aromatic rings. The summed E-state index contributed by atoms with van der Waals surface area (Å²) in [5, 5.41) is 4.58. The fraction of sp³-hybridized carbons (Fsp3) is 0.294. The van der Waals surface area contributed by atoms with E-state index >= 15 is 0 Å². The van der Waals surface area contributed by atoms with Crippen molar-refractivity contribution >= 4 is 34.6 Å². The summed E-state index contributed by atoms with van der Waals surface area (Å²) in [6.45, 7) is 7.01. The molecule has 0 atom stereocenters. The molecule has 0 radical (unpaired) electrons. The third-order valence-corrected chi connectivity index (χ3v) is 4.37. The molecule has 0 aliphatic rings. The van der Waals surface area contributed by atoms with E-state index in [1.165, 1.54) is 5.69 Å². The fourth-order valence-corrected chi connectivity index (χ4v) is 2.65. The molecule has 112 valence electrons. The SMILES string of the molecule is CCN(CC)c1ccc(NCc2cccc(Cl)c2Cl)cc1. The van der Waals surface area contributed by atoms with Crippen LogP contribution in [0.5, 0.6) is 0 Å². The molecule has 0 bridgehead atoms. The summed E-state index contributed by atoms with van der Waals surface area (Å²) < 4.78 is 0. The Labute approximate surface area is 136 Å². The van der Waals surface area contributed by atoms with Crippen molar-refractivity contribution in [3.05, 3.63) is 58.1 Å².